The monoisotopic (exact) mass is 434 g/mol. The summed E-state index contributed by atoms with van der Waals surface area (Å²) < 4.78 is 28.5. The molecular weight excluding hydrogens is 412 g/mol. The Bertz CT molecular complexity index is 1030. The van der Waals surface area contributed by atoms with Crippen LogP contribution in [0.1, 0.15) is 35.9 Å². The number of benzene rings is 1. The SMILES string of the molecule is CCOC(=O)c1sc(NC(=O)[C@H]2CC23CCS(=O)(=O)CC3)nc1-c1ccccc1. The van der Waals surface area contributed by atoms with E-state index in [4.69, 9.17) is 4.74 Å². The van der Waals surface area contributed by atoms with Crippen LogP contribution in [-0.2, 0) is 19.4 Å². The first kappa shape index (κ1) is 20.0. The second-order valence-corrected chi connectivity index (χ2v) is 10.8. The number of carbonyl (C=O) groups is 2. The summed E-state index contributed by atoms with van der Waals surface area (Å²) in [6.07, 6.45) is 1.78. The molecule has 9 heteroatoms. The van der Waals surface area contributed by atoms with Gasteiger partial charge in [-0.1, -0.05) is 41.7 Å². The molecular formula is C20H22N2O5S2. The number of nitrogens with one attached hydrogen (secondary N) is 1. The van der Waals surface area contributed by atoms with E-state index in [1.807, 2.05) is 30.3 Å². The number of ether oxygens (including phenoxy) is 1. The Morgan fingerprint density at radius 2 is 1.93 bits per heavy atom. The fourth-order valence-corrected chi connectivity index (χ4v) is 6.43. The Kier molecular flexibility index (Phi) is 5.20. The smallest absolute Gasteiger partial charge is 0.350 e. The number of hydrogen-bond donors (Lipinski definition) is 1. The maximum absolute atomic E-state index is 12.8. The Balaban J connectivity index is 1.52. The van der Waals surface area contributed by atoms with Gasteiger partial charge in [-0.15, -0.1) is 0 Å². The second-order valence-electron chi connectivity index (χ2n) is 7.54. The van der Waals surface area contributed by atoms with Crippen molar-refractivity contribution in [1.29, 1.82) is 0 Å². The number of nitrogens with zero attached hydrogens (tertiary/aromatic N) is 1. The predicted molar refractivity (Wildman–Crippen MR) is 111 cm³/mol. The number of anilines is 1. The highest BCUT2D eigenvalue weighted by Crippen LogP contribution is 2.60. The standard InChI is InChI=1S/C20H22N2O5S2/c1-2-27-18(24)16-15(13-6-4-3-5-7-13)21-19(28-16)22-17(23)14-12-20(14)8-10-29(25,26)11-9-20/h3-7,14H,2,8-12H2,1H3,(H,21,22,23)/t14-/m1/s1. The number of aromatic nitrogens is 1. The van der Waals surface area contributed by atoms with E-state index in [9.17, 15) is 18.0 Å². The van der Waals surface area contributed by atoms with Crippen molar-refractivity contribution >= 4 is 38.2 Å². The Labute approximate surface area is 173 Å². The summed E-state index contributed by atoms with van der Waals surface area (Å²) in [4.78, 5) is 29.9. The second kappa shape index (κ2) is 7.53. The third-order valence-corrected chi connectivity index (χ3v) is 8.30. The molecule has 1 saturated heterocycles. The highest BCUT2D eigenvalue weighted by molar-refractivity contribution is 7.91. The van der Waals surface area contributed by atoms with Gasteiger partial charge in [0.05, 0.1) is 23.8 Å². The summed E-state index contributed by atoms with van der Waals surface area (Å²) in [5.74, 6) is -0.524. The zero-order chi connectivity index (χ0) is 20.6. The zero-order valence-electron chi connectivity index (χ0n) is 16.0. The lowest BCUT2D eigenvalue weighted by Gasteiger charge is -2.22. The summed E-state index contributed by atoms with van der Waals surface area (Å²) in [6, 6.07) is 9.28. The van der Waals surface area contributed by atoms with Crippen molar-refractivity contribution in [2.75, 3.05) is 23.4 Å². The van der Waals surface area contributed by atoms with Gasteiger partial charge in [-0.05, 0) is 31.6 Å². The van der Waals surface area contributed by atoms with E-state index in [1.54, 1.807) is 6.92 Å². The quantitative estimate of drug-likeness (QED) is 0.726. The number of rotatable bonds is 5. The summed E-state index contributed by atoms with van der Waals surface area (Å²) in [5.41, 5.74) is 1.06. The van der Waals surface area contributed by atoms with Gasteiger partial charge in [0.25, 0.3) is 0 Å². The minimum atomic E-state index is -2.96. The summed E-state index contributed by atoms with van der Waals surface area (Å²) >= 11 is 1.10. The topological polar surface area (TPSA) is 102 Å². The molecule has 2 aromatic rings. The number of esters is 1. The van der Waals surface area contributed by atoms with Crippen LogP contribution in [0.4, 0.5) is 5.13 Å². The van der Waals surface area contributed by atoms with Crippen LogP contribution >= 0.6 is 11.3 Å². The summed E-state index contributed by atoms with van der Waals surface area (Å²) in [6.45, 7) is 1.99. The van der Waals surface area contributed by atoms with E-state index in [2.05, 4.69) is 10.3 Å². The van der Waals surface area contributed by atoms with Crippen molar-refractivity contribution in [3.8, 4) is 11.3 Å². The van der Waals surface area contributed by atoms with Crippen LogP contribution in [0.3, 0.4) is 0 Å². The number of thiazole rings is 1. The molecule has 1 aliphatic carbocycles. The van der Waals surface area contributed by atoms with E-state index in [0.29, 0.717) is 35.0 Å². The van der Waals surface area contributed by atoms with E-state index in [1.165, 1.54) is 0 Å². The fourth-order valence-electron chi connectivity index (χ4n) is 3.91. The van der Waals surface area contributed by atoms with Crippen LogP contribution in [0, 0.1) is 11.3 Å². The highest BCUT2D eigenvalue weighted by Gasteiger charge is 2.59. The maximum Gasteiger partial charge on any atom is 0.350 e. The lowest BCUT2D eigenvalue weighted by atomic mass is 9.96. The van der Waals surface area contributed by atoms with Gasteiger partial charge in [0.15, 0.2) is 5.13 Å². The molecule has 0 bridgehead atoms. The molecule has 4 rings (SSSR count). The van der Waals surface area contributed by atoms with Crippen molar-refractivity contribution in [2.45, 2.75) is 26.2 Å². The molecule has 1 atom stereocenters. The highest BCUT2D eigenvalue weighted by atomic mass is 32.2. The third kappa shape index (κ3) is 4.06. The van der Waals surface area contributed by atoms with Crippen molar-refractivity contribution in [1.82, 2.24) is 4.98 Å². The van der Waals surface area contributed by atoms with Crippen LogP contribution in [0.5, 0.6) is 0 Å². The van der Waals surface area contributed by atoms with Crippen molar-refractivity contribution in [3.63, 3.8) is 0 Å². The van der Waals surface area contributed by atoms with Gasteiger partial charge in [0.2, 0.25) is 5.91 Å². The molecule has 7 nitrogen and oxygen atoms in total. The average Bonchev–Trinajstić information content (AvgIpc) is 3.26. The molecule has 0 unspecified atom stereocenters. The lowest BCUT2D eigenvalue weighted by Crippen LogP contribution is -2.28. The molecule has 1 aliphatic heterocycles. The first-order chi connectivity index (χ1) is 13.8. The minimum absolute atomic E-state index is 0.152. The normalized spacial score (nSPS) is 21.5. The largest absolute Gasteiger partial charge is 0.462 e. The van der Waals surface area contributed by atoms with Gasteiger partial charge in [0.1, 0.15) is 14.7 Å². The van der Waals surface area contributed by atoms with Gasteiger partial charge >= 0.3 is 5.97 Å². The van der Waals surface area contributed by atoms with Crippen LogP contribution in [0.15, 0.2) is 30.3 Å². The molecule has 2 aliphatic rings. The van der Waals surface area contributed by atoms with Crippen molar-refractivity contribution in [3.05, 3.63) is 35.2 Å². The third-order valence-electron chi connectivity index (χ3n) is 5.69. The van der Waals surface area contributed by atoms with Crippen LogP contribution in [-0.4, -0.2) is 43.4 Å². The Hall–Kier alpha value is -2.26. The van der Waals surface area contributed by atoms with Crippen molar-refractivity contribution in [2.24, 2.45) is 11.3 Å². The molecule has 1 aromatic carbocycles. The van der Waals surface area contributed by atoms with Gasteiger partial charge in [0, 0.05) is 11.5 Å². The number of amides is 1. The maximum atomic E-state index is 12.8. The molecule has 1 saturated carbocycles. The van der Waals surface area contributed by atoms with Gasteiger partial charge < -0.3 is 10.1 Å². The lowest BCUT2D eigenvalue weighted by molar-refractivity contribution is -0.118. The average molecular weight is 435 g/mol. The molecule has 1 amide bonds. The molecule has 0 radical (unpaired) electrons. The molecule has 1 N–H and O–H groups in total. The Morgan fingerprint density at radius 3 is 2.59 bits per heavy atom. The van der Waals surface area contributed by atoms with Crippen LogP contribution < -0.4 is 5.32 Å². The zero-order valence-corrected chi connectivity index (χ0v) is 17.6. The minimum Gasteiger partial charge on any atom is -0.462 e. The van der Waals surface area contributed by atoms with E-state index >= 15 is 0 Å². The number of hydrogen-bond acceptors (Lipinski definition) is 7. The summed E-state index contributed by atoms with van der Waals surface area (Å²) in [5, 5.41) is 3.18. The molecule has 29 heavy (non-hydrogen) atoms. The molecule has 1 aromatic heterocycles. The van der Waals surface area contributed by atoms with Crippen molar-refractivity contribution < 1.29 is 22.7 Å². The van der Waals surface area contributed by atoms with Gasteiger partial charge in [-0.2, -0.15) is 0 Å². The number of sulfone groups is 1. The summed E-state index contributed by atoms with van der Waals surface area (Å²) in [7, 11) is -2.96. The molecule has 154 valence electrons. The first-order valence-electron chi connectivity index (χ1n) is 9.58. The molecule has 1 spiro atoms. The van der Waals surface area contributed by atoms with Crippen LogP contribution in [0.25, 0.3) is 11.3 Å². The number of carbonyl (C=O) groups excluding carboxylic acids is 2. The van der Waals surface area contributed by atoms with E-state index in [-0.39, 0.29) is 35.4 Å². The van der Waals surface area contributed by atoms with E-state index in [0.717, 1.165) is 16.9 Å². The van der Waals surface area contributed by atoms with E-state index < -0.39 is 15.8 Å². The fraction of sp³-hybridized carbons (Fsp3) is 0.450. The van der Waals surface area contributed by atoms with Gasteiger partial charge in [-0.3, -0.25) is 4.79 Å². The predicted octanol–water partition coefficient (Wildman–Crippen LogP) is 3.14. The van der Waals surface area contributed by atoms with Crippen LogP contribution in [0.2, 0.25) is 0 Å². The Morgan fingerprint density at radius 1 is 1.24 bits per heavy atom. The van der Waals surface area contributed by atoms with Gasteiger partial charge in [-0.25, -0.2) is 18.2 Å². The molecule has 2 fully saturated rings. The molecule has 2 heterocycles. The first-order valence-corrected chi connectivity index (χ1v) is 12.2.